The molecule has 0 aliphatic heterocycles. The smallest absolute Gasteiger partial charge is 0.0547 e. The third-order valence-corrected chi connectivity index (χ3v) is 13.0. The largest absolute Gasteiger partial charge is 0.310 e. The maximum atomic E-state index is 2.42. The van der Waals surface area contributed by atoms with Gasteiger partial charge in [-0.05, 0) is 127 Å². The Morgan fingerprint density at radius 1 is 0.258 bits per heavy atom. The molecule has 2 nitrogen and oxygen atoms in total. The molecule has 310 valence electrons. The first-order valence-electron chi connectivity index (χ1n) is 22.7. The summed E-state index contributed by atoms with van der Waals surface area (Å²) in [4.78, 5) is 2.39. The Morgan fingerprint density at radius 3 is 1.36 bits per heavy atom. The molecule has 0 atom stereocenters. The van der Waals surface area contributed by atoms with Gasteiger partial charge in [-0.25, -0.2) is 0 Å². The lowest BCUT2D eigenvalue weighted by molar-refractivity contribution is 1.18. The fourth-order valence-corrected chi connectivity index (χ4v) is 9.87. The van der Waals surface area contributed by atoms with Gasteiger partial charge in [0.1, 0.15) is 0 Å². The van der Waals surface area contributed by atoms with Gasteiger partial charge in [-0.3, -0.25) is 0 Å². The molecule has 1 heterocycles. The zero-order valence-corrected chi connectivity index (χ0v) is 36.3. The molecule has 0 unspecified atom stereocenters. The minimum atomic E-state index is 1.08. The summed E-state index contributed by atoms with van der Waals surface area (Å²) in [5.41, 5.74) is 18.7. The van der Waals surface area contributed by atoms with Crippen molar-refractivity contribution in [3.63, 3.8) is 0 Å². The monoisotopic (exact) mass is 840 g/mol. The second kappa shape index (κ2) is 16.8. The highest BCUT2D eigenvalue weighted by Crippen LogP contribution is 2.44. The summed E-state index contributed by atoms with van der Waals surface area (Å²) < 4.78 is 2.42. The number of hydrogen-bond donors (Lipinski definition) is 0. The van der Waals surface area contributed by atoms with Crippen molar-refractivity contribution in [2.75, 3.05) is 4.90 Å². The standard InChI is InChI=1S/C64H44N2/c1-4-16-45(17-5-1)46-30-32-47(33-31-46)48-34-39-54(40-35-48)65(55-41-36-51(37-42-55)58-26-13-12-25-57(58)49-18-6-2-7-19-49)56-24-14-21-52(44-56)60-28-15-29-61-64(60)63-59-27-11-10-20-50(59)38-43-62(63)66(61)53-22-8-3-9-23-53/h1-44H. The van der Waals surface area contributed by atoms with E-state index in [9.17, 15) is 0 Å². The molecule has 0 aliphatic rings. The SMILES string of the molecule is c1ccc(-c2ccc(-c3ccc(N(c4ccc(-c5ccccc5-c5ccccc5)cc4)c4cccc(-c5cccc6c5c5c7ccccc7ccc5n6-c5ccccc5)c4)cc3)cc2)cc1. The lowest BCUT2D eigenvalue weighted by atomic mass is 9.94. The van der Waals surface area contributed by atoms with E-state index in [1.54, 1.807) is 0 Å². The van der Waals surface area contributed by atoms with Crippen LogP contribution < -0.4 is 4.90 Å². The Morgan fingerprint density at radius 2 is 0.712 bits per heavy atom. The zero-order chi connectivity index (χ0) is 43.8. The summed E-state index contributed by atoms with van der Waals surface area (Å²) in [5.74, 6) is 0. The molecule has 0 saturated heterocycles. The summed E-state index contributed by atoms with van der Waals surface area (Å²) in [6.45, 7) is 0. The number of aromatic nitrogens is 1. The number of hydrogen-bond acceptors (Lipinski definition) is 1. The Labute approximate surface area is 385 Å². The second-order valence-electron chi connectivity index (χ2n) is 16.9. The van der Waals surface area contributed by atoms with Crippen LogP contribution >= 0.6 is 0 Å². The van der Waals surface area contributed by atoms with Gasteiger partial charge in [-0.2, -0.15) is 0 Å². The van der Waals surface area contributed by atoms with Crippen LogP contribution in [0.3, 0.4) is 0 Å². The van der Waals surface area contributed by atoms with E-state index in [2.05, 4.69) is 276 Å². The van der Waals surface area contributed by atoms with Crippen LogP contribution in [-0.2, 0) is 0 Å². The Hall–Kier alpha value is -8.72. The average molecular weight is 841 g/mol. The fourth-order valence-electron chi connectivity index (χ4n) is 9.87. The van der Waals surface area contributed by atoms with Crippen LogP contribution in [0.5, 0.6) is 0 Å². The van der Waals surface area contributed by atoms with Crippen molar-refractivity contribution in [2.24, 2.45) is 0 Å². The third kappa shape index (κ3) is 7.02. The van der Waals surface area contributed by atoms with E-state index in [4.69, 9.17) is 0 Å². The minimum Gasteiger partial charge on any atom is -0.310 e. The van der Waals surface area contributed by atoms with E-state index in [0.717, 1.165) is 28.3 Å². The van der Waals surface area contributed by atoms with Crippen molar-refractivity contribution in [1.29, 1.82) is 0 Å². The molecule has 11 aromatic carbocycles. The predicted octanol–water partition coefficient (Wildman–Crippen LogP) is 17.7. The molecule has 12 rings (SSSR count). The molecule has 0 radical (unpaired) electrons. The Kier molecular flexibility index (Phi) is 9.89. The molecule has 12 aromatic rings. The summed E-state index contributed by atoms with van der Waals surface area (Å²) in [5, 5.41) is 5.00. The lowest BCUT2D eigenvalue weighted by Gasteiger charge is -2.26. The van der Waals surface area contributed by atoms with Crippen molar-refractivity contribution >= 4 is 49.6 Å². The molecule has 0 spiro atoms. The maximum Gasteiger partial charge on any atom is 0.0547 e. The van der Waals surface area contributed by atoms with Gasteiger partial charge < -0.3 is 9.47 Å². The van der Waals surface area contributed by atoms with Gasteiger partial charge in [0.05, 0.1) is 11.0 Å². The molecule has 0 aliphatic carbocycles. The number of fused-ring (bicyclic) bond motifs is 5. The molecular formula is C64H44N2. The quantitative estimate of drug-likeness (QED) is 0.141. The summed E-state index contributed by atoms with van der Waals surface area (Å²) in [6.07, 6.45) is 0. The summed E-state index contributed by atoms with van der Waals surface area (Å²) in [6, 6.07) is 96.8. The van der Waals surface area contributed by atoms with E-state index >= 15 is 0 Å². The van der Waals surface area contributed by atoms with Crippen molar-refractivity contribution < 1.29 is 0 Å². The molecule has 0 saturated carbocycles. The van der Waals surface area contributed by atoms with E-state index < -0.39 is 0 Å². The fraction of sp³-hybridized carbons (Fsp3) is 0. The van der Waals surface area contributed by atoms with Crippen LogP contribution in [0.15, 0.2) is 267 Å². The first-order valence-corrected chi connectivity index (χ1v) is 22.7. The number of anilines is 3. The maximum absolute atomic E-state index is 2.42. The van der Waals surface area contributed by atoms with Gasteiger partial charge in [-0.15, -0.1) is 0 Å². The van der Waals surface area contributed by atoms with Crippen LogP contribution in [0.4, 0.5) is 17.1 Å². The zero-order valence-electron chi connectivity index (χ0n) is 36.3. The van der Waals surface area contributed by atoms with Gasteiger partial charge >= 0.3 is 0 Å². The number of para-hydroxylation sites is 1. The van der Waals surface area contributed by atoms with Crippen LogP contribution in [0.2, 0.25) is 0 Å². The highest BCUT2D eigenvalue weighted by atomic mass is 15.1. The number of nitrogens with zero attached hydrogens (tertiary/aromatic N) is 2. The summed E-state index contributed by atoms with van der Waals surface area (Å²) >= 11 is 0. The van der Waals surface area contributed by atoms with Crippen molar-refractivity contribution in [1.82, 2.24) is 4.57 Å². The third-order valence-electron chi connectivity index (χ3n) is 13.0. The second-order valence-corrected chi connectivity index (χ2v) is 16.9. The highest BCUT2D eigenvalue weighted by Gasteiger charge is 2.20. The topological polar surface area (TPSA) is 8.17 Å². The minimum absolute atomic E-state index is 1.08. The van der Waals surface area contributed by atoms with E-state index in [0.29, 0.717) is 0 Å². The van der Waals surface area contributed by atoms with E-state index in [1.807, 2.05) is 0 Å². The van der Waals surface area contributed by atoms with Gasteiger partial charge in [0.2, 0.25) is 0 Å². The van der Waals surface area contributed by atoms with Gasteiger partial charge in [0.15, 0.2) is 0 Å². The first-order chi connectivity index (χ1) is 32.7. The molecule has 0 amide bonds. The molecule has 2 heteroatoms. The molecule has 0 N–H and O–H groups in total. The van der Waals surface area contributed by atoms with Crippen molar-refractivity contribution in [2.45, 2.75) is 0 Å². The lowest BCUT2D eigenvalue weighted by Crippen LogP contribution is -2.10. The molecule has 66 heavy (non-hydrogen) atoms. The summed E-state index contributed by atoms with van der Waals surface area (Å²) in [7, 11) is 0. The van der Waals surface area contributed by atoms with Crippen LogP contribution in [0.25, 0.3) is 93.9 Å². The first kappa shape index (κ1) is 38.9. The molecular weight excluding hydrogens is 797 g/mol. The Balaban J connectivity index is 0.995. The van der Waals surface area contributed by atoms with E-state index in [1.165, 1.54) is 82.6 Å². The van der Waals surface area contributed by atoms with E-state index in [-0.39, 0.29) is 0 Å². The van der Waals surface area contributed by atoms with Crippen molar-refractivity contribution in [3.8, 4) is 61.3 Å². The van der Waals surface area contributed by atoms with Gasteiger partial charge in [0, 0.05) is 33.5 Å². The van der Waals surface area contributed by atoms with Gasteiger partial charge in [0.25, 0.3) is 0 Å². The number of benzene rings is 11. The Bertz CT molecular complexity index is 3650. The predicted molar refractivity (Wildman–Crippen MR) is 280 cm³/mol. The average Bonchev–Trinajstić information content (AvgIpc) is 3.75. The van der Waals surface area contributed by atoms with Crippen LogP contribution in [0, 0.1) is 0 Å². The van der Waals surface area contributed by atoms with Crippen LogP contribution in [0.1, 0.15) is 0 Å². The molecule has 0 fully saturated rings. The normalized spacial score (nSPS) is 11.3. The van der Waals surface area contributed by atoms with Gasteiger partial charge in [-0.1, -0.05) is 206 Å². The molecule has 1 aromatic heterocycles. The van der Waals surface area contributed by atoms with Crippen molar-refractivity contribution in [3.05, 3.63) is 267 Å². The van der Waals surface area contributed by atoms with Crippen LogP contribution in [-0.4, -0.2) is 4.57 Å². The highest BCUT2D eigenvalue weighted by molar-refractivity contribution is 6.25. The number of rotatable bonds is 9. The molecule has 0 bridgehead atoms.